The molecule has 0 aliphatic carbocycles. The summed E-state index contributed by atoms with van der Waals surface area (Å²) in [5.74, 6) is -0.875. The highest BCUT2D eigenvalue weighted by atomic mass is 16.4. The lowest BCUT2D eigenvalue weighted by atomic mass is 10.0. The molecule has 0 saturated carbocycles. The van der Waals surface area contributed by atoms with Crippen LogP contribution in [0.3, 0.4) is 0 Å². The zero-order chi connectivity index (χ0) is 14.6. The highest BCUT2D eigenvalue weighted by Gasteiger charge is 2.17. The van der Waals surface area contributed by atoms with Gasteiger partial charge in [-0.25, -0.2) is 0 Å². The van der Waals surface area contributed by atoms with Gasteiger partial charge in [0.2, 0.25) is 0 Å². The summed E-state index contributed by atoms with van der Waals surface area (Å²) in [6.45, 7) is 5.84. The molecule has 0 radical (unpaired) electrons. The number of para-hydroxylation sites is 1. The molecule has 1 aromatic carbocycles. The molecule has 2 rings (SSSR count). The van der Waals surface area contributed by atoms with Gasteiger partial charge in [0.05, 0.1) is 5.52 Å². The van der Waals surface area contributed by atoms with Crippen molar-refractivity contribution in [2.75, 3.05) is 0 Å². The van der Waals surface area contributed by atoms with Crippen LogP contribution < -0.4 is 5.73 Å². The summed E-state index contributed by atoms with van der Waals surface area (Å²) < 4.78 is 0. The molecule has 0 aliphatic rings. The van der Waals surface area contributed by atoms with Crippen molar-refractivity contribution in [2.24, 2.45) is 5.73 Å². The van der Waals surface area contributed by atoms with Gasteiger partial charge >= 0.3 is 5.97 Å². The first-order valence-electron chi connectivity index (χ1n) is 6.28. The first-order valence-corrected chi connectivity index (χ1v) is 6.28. The van der Waals surface area contributed by atoms with E-state index in [1.54, 1.807) is 12.1 Å². The lowest BCUT2D eigenvalue weighted by Crippen LogP contribution is -2.32. The van der Waals surface area contributed by atoms with Crippen LogP contribution in [0.25, 0.3) is 10.9 Å². The fourth-order valence-corrected chi connectivity index (χ4v) is 1.96. The van der Waals surface area contributed by atoms with E-state index in [-0.39, 0.29) is 12.2 Å². The van der Waals surface area contributed by atoms with Gasteiger partial charge in [-0.15, -0.1) is 0 Å². The normalized spacial score (nSPS) is 11.8. The minimum atomic E-state index is -1.03. The zero-order valence-corrected chi connectivity index (χ0v) is 11.4. The minimum absolute atomic E-state index is 0.153. The highest BCUT2D eigenvalue weighted by molar-refractivity contribution is 5.90. The van der Waals surface area contributed by atoms with Crippen molar-refractivity contribution < 1.29 is 15.0 Å². The Labute approximate surface area is 112 Å². The maximum Gasteiger partial charge on any atom is 0.320 e. The molecule has 5 N–H and O–H groups in total. The molecule has 5 heteroatoms. The van der Waals surface area contributed by atoms with Crippen molar-refractivity contribution in [3.63, 3.8) is 0 Å². The molecule has 104 valence electrons. The SMILES string of the molecule is CC.Cc1[nH]c2c(O)cccc2c1CC(N)C(=O)O. The number of phenolic OH excluding ortho intramolecular Hbond substituents is 1. The smallest absolute Gasteiger partial charge is 0.320 e. The Kier molecular flexibility index (Phi) is 4.94. The number of aromatic nitrogens is 1. The molecule has 1 aromatic heterocycles. The average Bonchev–Trinajstić information content (AvgIpc) is 2.70. The summed E-state index contributed by atoms with van der Waals surface area (Å²) in [4.78, 5) is 13.8. The molecular weight excluding hydrogens is 244 g/mol. The van der Waals surface area contributed by atoms with Crippen molar-refractivity contribution in [2.45, 2.75) is 33.2 Å². The number of hydrogen-bond acceptors (Lipinski definition) is 3. The predicted molar refractivity (Wildman–Crippen MR) is 75.4 cm³/mol. The number of hydrogen-bond donors (Lipinski definition) is 4. The van der Waals surface area contributed by atoms with Crippen molar-refractivity contribution >= 4 is 16.9 Å². The molecule has 0 spiro atoms. The van der Waals surface area contributed by atoms with Crippen molar-refractivity contribution in [1.82, 2.24) is 4.98 Å². The maximum absolute atomic E-state index is 10.8. The molecule has 19 heavy (non-hydrogen) atoms. The number of carbonyl (C=O) groups is 1. The molecule has 1 atom stereocenters. The van der Waals surface area contributed by atoms with Crippen LogP contribution in [-0.2, 0) is 11.2 Å². The van der Waals surface area contributed by atoms with Crippen molar-refractivity contribution in [3.05, 3.63) is 29.5 Å². The minimum Gasteiger partial charge on any atom is -0.506 e. The third kappa shape index (κ3) is 3.06. The standard InChI is InChI=1S/C12H14N2O3.C2H6/c1-6-8(5-9(13)12(16)17)7-3-2-4-10(15)11(7)14-6;1-2/h2-4,9,14-15H,5,13H2,1H3,(H,16,17);1-2H3. The monoisotopic (exact) mass is 264 g/mol. The van der Waals surface area contributed by atoms with Crippen LogP contribution in [0, 0.1) is 6.92 Å². The maximum atomic E-state index is 10.8. The van der Waals surface area contributed by atoms with Gasteiger partial charge in [0, 0.05) is 17.5 Å². The van der Waals surface area contributed by atoms with Crippen LogP contribution in [-0.4, -0.2) is 27.2 Å². The number of carboxylic acid groups (broad SMARTS) is 1. The number of carboxylic acids is 1. The highest BCUT2D eigenvalue weighted by Crippen LogP contribution is 2.29. The molecule has 5 nitrogen and oxygen atoms in total. The fourth-order valence-electron chi connectivity index (χ4n) is 1.96. The Bertz CT molecular complexity index is 575. The number of H-pyrrole nitrogens is 1. The molecule has 0 amide bonds. The number of fused-ring (bicyclic) bond motifs is 1. The van der Waals surface area contributed by atoms with Crippen LogP contribution in [0.4, 0.5) is 0 Å². The zero-order valence-electron chi connectivity index (χ0n) is 11.4. The number of aromatic hydroxyl groups is 1. The van der Waals surface area contributed by atoms with Gasteiger partial charge in [-0.05, 0) is 18.6 Å². The van der Waals surface area contributed by atoms with Crippen LogP contribution >= 0.6 is 0 Å². The van der Waals surface area contributed by atoms with E-state index < -0.39 is 12.0 Å². The Morgan fingerprint density at radius 3 is 2.63 bits per heavy atom. The van der Waals surface area contributed by atoms with E-state index in [1.165, 1.54) is 0 Å². The number of benzene rings is 1. The molecule has 0 aliphatic heterocycles. The van der Waals surface area contributed by atoms with Gasteiger partial charge in [-0.2, -0.15) is 0 Å². The van der Waals surface area contributed by atoms with Gasteiger partial charge in [0.1, 0.15) is 11.8 Å². The quantitative estimate of drug-likeness (QED) is 0.682. The molecule has 1 unspecified atom stereocenters. The third-order valence-electron chi connectivity index (χ3n) is 2.87. The first kappa shape index (κ1) is 15.0. The summed E-state index contributed by atoms with van der Waals surface area (Å²) in [7, 11) is 0. The predicted octanol–water partition coefficient (Wildman–Crippen LogP) is 2.16. The Balaban J connectivity index is 0.000000861. The van der Waals surface area contributed by atoms with Gasteiger partial charge in [0.15, 0.2) is 0 Å². The largest absolute Gasteiger partial charge is 0.506 e. The second-order valence-corrected chi connectivity index (χ2v) is 4.08. The summed E-state index contributed by atoms with van der Waals surface area (Å²) in [5, 5.41) is 19.3. The van der Waals surface area contributed by atoms with Crippen molar-refractivity contribution in [1.29, 1.82) is 0 Å². The van der Waals surface area contributed by atoms with Crippen molar-refractivity contribution in [3.8, 4) is 5.75 Å². The van der Waals surface area contributed by atoms with Crippen LogP contribution in [0.1, 0.15) is 25.1 Å². The van der Waals surface area contributed by atoms with E-state index in [2.05, 4.69) is 4.98 Å². The van der Waals surface area contributed by atoms with Crippen LogP contribution in [0.2, 0.25) is 0 Å². The Hall–Kier alpha value is -2.01. The number of aryl methyl sites for hydroxylation is 1. The molecule has 0 bridgehead atoms. The van der Waals surface area contributed by atoms with E-state index in [4.69, 9.17) is 10.8 Å². The fraction of sp³-hybridized carbons (Fsp3) is 0.357. The molecule has 2 aromatic rings. The van der Waals surface area contributed by atoms with E-state index in [9.17, 15) is 9.90 Å². The topological polar surface area (TPSA) is 99.3 Å². The number of aliphatic carboxylic acids is 1. The average molecular weight is 264 g/mol. The van der Waals surface area contributed by atoms with Gasteiger partial charge < -0.3 is 20.9 Å². The van der Waals surface area contributed by atoms with E-state index in [1.807, 2.05) is 26.8 Å². The second kappa shape index (κ2) is 6.24. The van der Waals surface area contributed by atoms with Gasteiger partial charge in [0.25, 0.3) is 0 Å². The number of rotatable bonds is 3. The number of phenols is 1. The third-order valence-corrected chi connectivity index (χ3v) is 2.87. The summed E-state index contributed by atoms with van der Waals surface area (Å²) >= 11 is 0. The molecule has 0 fully saturated rings. The molecule has 0 saturated heterocycles. The first-order chi connectivity index (χ1) is 9.00. The molecule has 1 heterocycles. The van der Waals surface area contributed by atoms with E-state index in [0.29, 0.717) is 5.52 Å². The second-order valence-electron chi connectivity index (χ2n) is 4.08. The van der Waals surface area contributed by atoms with Crippen LogP contribution in [0.15, 0.2) is 18.2 Å². The van der Waals surface area contributed by atoms with Crippen LogP contribution in [0.5, 0.6) is 5.75 Å². The number of nitrogens with one attached hydrogen (secondary N) is 1. The lowest BCUT2D eigenvalue weighted by Gasteiger charge is -2.06. The summed E-state index contributed by atoms with van der Waals surface area (Å²) in [6, 6.07) is 4.21. The van der Waals surface area contributed by atoms with E-state index >= 15 is 0 Å². The van der Waals surface area contributed by atoms with Gasteiger partial charge in [-0.1, -0.05) is 26.0 Å². The Morgan fingerprint density at radius 2 is 2.05 bits per heavy atom. The number of nitrogens with two attached hydrogens (primary N) is 1. The summed E-state index contributed by atoms with van der Waals surface area (Å²) in [6.07, 6.45) is 0.241. The molecular formula is C14H20N2O3. The van der Waals surface area contributed by atoms with Gasteiger partial charge in [-0.3, -0.25) is 4.79 Å². The Morgan fingerprint density at radius 1 is 1.42 bits per heavy atom. The summed E-state index contributed by atoms with van der Waals surface area (Å²) in [5.41, 5.74) is 7.82. The number of aromatic amines is 1. The van der Waals surface area contributed by atoms with E-state index in [0.717, 1.165) is 16.6 Å². The lowest BCUT2D eigenvalue weighted by molar-refractivity contribution is -0.138.